The summed E-state index contributed by atoms with van der Waals surface area (Å²) >= 11 is 6.33. The summed E-state index contributed by atoms with van der Waals surface area (Å²) in [7, 11) is 0. The van der Waals surface area contributed by atoms with Crippen molar-refractivity contribution in [3.05, 3.63) is 75.6 Å². The molecule has 0 saturated carbocycles. The molecule has 6 nitrogen and oxygen atoms in total. The molecular weight excluding hydrogens is 406 g/mol. The molecule has 0 bridgehead atoms. The SMILES string of the molecule is Cc1nn(-c2ccc(F)cc2)c(Cl)c1C(=O)OCc1cc(F)cc2c1OCOC2. The van der Waals surface area contributed by atoms with Crippen LogP contribution in [0.2, 0.25) is 5.15 Å². The van der Waals surface area contributed by atoms with Crippen molar-refractivity contribution in [1.82, 2.24) is 9.78 Å². The standard InChI is InChI=1S/C20H15ClF2N2O4/c1-11-17(19(21)25(24-11)16-4-2-14(22)3-5-16)20(26)28-9-13-7-15(23)6-12-8-27-10-29-18(12)13/h2-7H,8-10H2,1H3. The summed E-state index contributed by atoms with van der Waals surface area (Å²) in [6.07, 6.45) is 0. The maximum absolute atomic E-state index is 13.8. The number of benzene rings is 2. The van der Waals surface area contributed by atoms with Crippen LogP contribution in [0.4, 0.5) is 8.78 Å². The third-order valence-electron chi connectivity index (χ3n) is 4.39. The minimum absolute atomic E-state index is 0.0324. The molecule has 1 aliphatic heterocycles. The minimum atomic E-state index is -0.717. The Labute approximate surface area is 169 Å². The number of hydrogen-bond donors (Lipinski definition) is 0. The van der Waals surface area contributed by atoms with Gasteiger partial charge in [-0.15, -0.1) is 0 Å². The Kier molecular flexibility index (Phi) is 5.21. The Balaban J connectivity index is 1.57. The zero-order chi connectivity index (χ0) is 20.5. The van der Waals surface area contributed by atoms with Crippen LogP contribution < -0.4 is 4.74 Å². The summed E-state index contributed by atoms with van der Waals surface area (Å²) in [6, 6.07) is 8.05. The van der Waals surface area contributed by atoms with Gasteiger partial charge in [0.15, 0.2) is 6.79 Å². The molecule has 0 unspecified atom stereocenters. The highest BCUT2D eigenvalue weighted by atomic mass is 35.5. The van der Waals surface area contributed by atoms with E-state index in [1.165, 1.54) is 41.1 Å². The molecular formula is C20H15ClF2N2O4. The summed E-state index contributed by atoms with van der Waals surface area (Å²) < 4.78 is 44.2. The van der Waals surface area contributed by atoms with Crippen molar-refractivity contribution >= 4 is 17.6 Å². The van der Waals surface area contributed by atoms with Gasteiger partial charge >= 0.3 is 5.97 Å². The van der Waals surface area contributed by atoms with Crippen LogP contribution in [-0.2, 0) is 22.7 Å². The fraction of sp³-hybridized carbons (Fsp3) is 0.200. The molecule has 0 N–H and O–H groups in total. The first-order valence-electron chi connectivity index (χ1n) is 8.64. The highest BCUT2D eigenvalue weighted by Crippen LogP contribution is 2.31. The molecule has 0 amide bonds. The average Bonchev–Trinajstić information content (AvgIpc) is 3.00. The molecule has 150 valence electrons. The van der Waals surface area contributed by atoms with Crippen molar-refractivity contribution in [3.8, 4) is 11.4 Å². The largest absolute Gasteiger partial charge is 0.467 e. The lowest BCUT2D eigenvalue weighted by Crippen LogP contribution is -2.15. The lowest BCUT2D eigenvalue weighted by atomic mass is 10.1. The normalized spacial score (nSPS) is 13.0. The van der Waals surface area contributed by atoms with E-state index in [0.29, 0.717) is 28.3 Å². The maximum atomic E-state index is 13.8. The van der Waals surface area contributed by atoms with Gasteiger partial charge in [0.25, 0.3) is 0 Å². The Morgan fingerprint density at radius 3 is 2.76 bits per heavy atom. The molecule has 3 aromatic rings. The molecule has 1 aliphatic rings. The lowest BCUT2D eigenvalue weighted by molar-refractivity contribution is -0.0182. The minimum Gasteiger partial charge on any atom is -0.467 e. The maximum Gasteiger partial charge on any atom is 0.343 e. The van der Waals surface area contributed by atoms with E-state index >= 15 is 0 Å². The quantitative estimate of drug-likeness (QED) is 0.588. The van der Waals surface area contributed by atoms with E-state index in [1.54, 1.807) is 6.92 Å². The monoisotopic (exact) mass is 420 g/mol. The summed E-state index contributed by atoms with van der Waals surface area (Å²) in [5.74, 6) is -1.16. The van der Waals surface area contributed by atoms with Gasteiger partial charge < -0.3 is 14.2 Å². The van der Waals surface area contributed by atoms with Crippen molar-refractivity contribution in [2.45, 2.75) is 20.1 Å². The van der Waals surface area contributed by atoms with Crippen LogP contribution in [-0.4, -0.2) is 22.5 Å². The van der Waals surface area contributed by atoms with Gasteiger partial charge in [0.2, 0.25) is 0 Å². The van der Waals surface area contributed by atoms with Crippen molar-refractivity contribution < 1.29 is 27.8 Å². The van der Waals surface area contributed by atoms with Crippen LogP contribution in [0.1, 0.15) is 27.2 Å². The molecule has 2 heterocycles. The van der Waals surface area contributed by atoms with Crippen LogP contribution >= 0.6 is 11.6 Å². The zero-order valence-corrected chi connectivity index (χ0v) is 16.0. The predicted molar refractivity (Wildman–Crippen MR) is 99.1 cm³/mol. The second-order valence-corrected chi connectivity index (χ2v) is 6.74. The van der Waals surface area contributed by atoms with E-state index in [9.17, 15) is 13.6 Å². The van der Waals surface area contributed by atoms with E-state index in [1.807, 2.05) is 0 Å². The predicted octanol–water partition coefficient (Wildman–Crippen LogP) is 4.34. The first kappa shape index (κ1) is 19.4. The van der Waals surface area contributed by atoms with Crippen LogP contribution in [0.5, 0.6) is 5.75 Å². The average molecular weight is 421 g/mol. The number of aromatic nitrogens is 2. The van der Waals surface area contributed by atoms with Crippen molar-refractivity contribution in [2.75, 3.05) is 6.79 Å². The Morgan fingerprint density at radius 1 is 1.24 bits per heavy atom. The van der Waals surface area contributed by atoms with E-state index in [-0.39, 0.29) is 30.7 Å². The van der Waals surface area contributed by atoms with Gasteiger partial charge in [-0.2, -0.15) is 5.10 Å². The summed E-state index contributed by atoms with van der Waals surface area (Å²) in [6.45, 7) is 1.64. The van der Waals surface area contributed by atoms with Crippen molar-refractivity contribution in [2.24, 2.45) is 0 Å². The Hall–Kier alpha value is -2.97. The fourth-order valence-electron chi connectivity index (χ4n) is 3.06. The van der Waals surface area contributed by atoms with Gasteiger partial charge in [-0.25, -0.2) is 18.3 Å². The number of nitrogens with zero attached hydrogens (tertiary/aromatic N) is 2. The number of aryl methyl sites for hydroxylation is 1. The molecule has 0 spiro atoms. The van der Waals surface area contributed by atoms with Gasteiger partial charge in [-0.1, -0.05) is 11.6 Å². The summed E-state index contributed by atoms with van der Waals surface area (Å²) in [5.41, 5.74) is 1.84. The number of esters is 1. The molecule has 2 aromatic carbocycles. The fourth-order valence-corrected chi connectivity index (χ4v) is 3.41. The van der Waals surface area contributed by atoms with E-state index in [0.717, 1.165) is 0 Å². The number of ether oxygens (including phenoxy) is 3. The lowest BCUT2D eigenvalue weighted by Gasteiger charge is -2.20. The van der Waals surface area contributed by atoms with Crippen molar-refractivity contribution in [1.29, 1.82) is 0 Å². The molecule has 9 heteroatoms. The van der Waals surface area contributed by atoms with Crippen LogP contribution in [0.15, 0.2) is 36.4 Å². The highest BCUT2D eigenvalue weighted by Gasteiger charge is 2.24. The second-order valence-electron chi connectivity index (χ2n) is 6.38. The smallest absolute Gasteiger partial charge is 0.343 e. The van der Waals surface area contributed by atoms with E-state index in [2.05, 4.69) is 5.10 Å². The van der Waals surface area contributed by atoms with Gasteiger partial charge in [0.05, 0.1) is 18.0 Å². The molecule has 4 rings (SSSR count). The zero-order valence-electron chi connectivity index (χ0n) is 15.2. The molecule has 0 radical (unpaired) electrons. The molecule has 1 aromatic heterocycles. The third kappa shape index (κ3) is 3.81. The van der Waals surface area contributed by atoms with Gasteiger partial charge in [-0.3, -0.25) is 0 Å². The number of halogens is 3. The third-order valence-corrected chi connectivity index (χ3v) is 4.74. The number of fused-ring (bicyclic) bond motifs is 1. The molecule has 0 saturated heterocycles. The van der Waals surface area contributed by atoms with E-state index in [4.69, 9.17) is 25.8 Å². The first-order valence-corrected chi connectivity index (χ1v) is 9.02. The number of carbonyl (C=O) groups is 1. The highest BCUT2D eigenvalue weighted by molar-refractivity contribution is 6.33. The number of carbonyl (C=O) groups excluding carboxylic acids is 1. The molecule has 0 aliphatic carbocycles. The first-order chi connectivity index (χ1) is 13.9. The van der Waals surface area contributed by atoms with Crippen molar-refractivity contribution in [3.63, 3.8) is 0 Å². The molecule has 0 fully saturated rings. The number of rotatable bonds is 4. The Morgan fingerprint density at radius 2 is 2.00 bits per heavy atom. The van der Waals surface area contributed by atoms with E-state index < -0.39 is 17.6 Å². The molecule has 0 atom stereocenters. The molecule has 29 heavy (non-hydrogen) atoms. The Bertz CT molecular complexity index is 1080. The van der Waals surface area contributed by atoms with Gasteiger partial charge in [-0.05, 0) is 43.3 Å². The summed E-state index contributed by atoms with van der Waals surface area (Å²) in [4.78, 5) is 12.6. The van der Waals surface area contributed by atoms with Crippen LogP contribution in [0, 0.1) is 18.6 Å². The summed E-state index contributed by atoms with van der Waals surface area (Å²) in [5, 5.41) is 4.26. The van der Waals surface area contributed by atoms with Gasteiger partial charge in [0.1, 0.15) is 34.7 Å². The van der Waals surface area contributed by atoms with Crippen LogP contribution in [0.25, 0.3) is 5.69 Å². The topological polar surface area (TPSA) is 62.6 Å². The van der Waals surface area contributed by atoms with Crippen LogP contribution in [0.3, 0.4) is 0 Å². The second kappa shape index (κ2) is 7.81. The number of hydrogen-bond acceptors (Lipinski definition) is 5. The van der Waals surface area contributed by atoms with Gasteiger partial charge in [0, 0.05) is 11.1 Å².